The zero-order valence-electron chi connectivity index (χ0n) is 14.3. The van der Waals surface area contributed by atoms with Crippen molar-refractivity contribution < 1.29 is 13.2 Å². The van der Waals surface area contributed by atoms with Gasteiger partial charge in [-0.05, 0) is 49.8 Å². The number of fused-ring (bicyclic) bond motifs is 1. The first-order chi connectivity index (χ1) is 11.2. The lowest BCUT2D eigenvalue weighted by Gasteiger charge is -2.31. The van der Waals surface area contributed by atoms with Crippen LogP contribution in [0.5, 0.6) is 0 Å². The van der Waals surface area contributed by atoms with Crippen LogP contribution in [0.3, 0.4) is 0 Å². The first-order valence-corrected chi connectivity index (χ1v) is 10.6. The predicted molar refractivity (Wildman–Crippen MR) is 97.6 cm³/mol. The number of piperidine rings is 1. The molecule has 0 aromatic heterocycles. The molecule has 2 aliphatic rings. The Bertz CT molecular complexity index is 778. The summed E-state index contributed by atoms with van der Waals surface area (Å²) in [4.78, 5) is 14.0. The zero-order valence-corrected chi connectivity index (χ0v) is 16.7. The maximum atomic E-state index is 13.3. The molecule has 24 heavy (non-hydrogen) atoms. The van der Waals surface area contributed by atoms with Crippen LogP contribution in [0.15, 0.2) is 21.5 Å². The van der Waals surface area contributed by atoms with Gasteiger partial charge in [-0.2, -0.15) is 4.31 Å². The van der Waals surface area contributed by atoms with Crippen LogP contribution in [0.1, 0.15) is 39.2 Å². The number of rotatable bonds is 2. The monoisotopic (exact) mass is 414 g/mol. The number of amides is 1. The van der Waals surface area contributed by atoms with Crippen molar-refractivity contribution >= 4 is 37.5 Å². The largest absolute Gasteiger partial charge is 0.308 e. The van der Waals surface area contributed by atoms with Crippen LogP contribution in [0, 0.1) is 5.92 Å². The van der Waals surface area contributed by atoms with Crippen LogP contribution in [0.2, 0.25) is 0 Å². The van der Waals surface area contributed by atoms with E-state index >= 15 is 0 Å². The third-order valence-corrected chi connectivity index (χ3v) is 7.23. The predicted octanol–water partition coefficient (Wildman–Crippen LogP) is 3.17. The van der Waals surface area contributed by atoms with Crippen molar-refractivity contribution in [3.8, 4) is 0 Å². The Kier molecular flexibility index (Phi) is 4.79. The molecule has 5 nitrogen and oxygen atoms in total. The number of carbonyl (C=O) groups is 1. The normalized spacial score (nSPS) is 24.9. The molecule has 1 aromatic rings. The molecule has 0 bridgehead atoms. The summed E-state index contributed by atoms with van der Waals surface area (Å²) in [5.74, 6) is 0.239. The number of hydrogen-bond donors (Lipinski definition) is 0. The second-order valence-corrected chi connectivity index (χ2v) is 9.79. The Morgan fingerprint density at radius 3 is 2.62 bits per heavy atom. The highest BCUT2D eigenvalue weighted by molar-refractivity contribution is 9.10. The molecule has 0 radical (unpaired) electrons. The lowest BCUT2D eigenvalue weighted by Crippen LogP contribution is -2.40. The fourth-order valence-electron chi connectivity index (χ4n) is 3.86. The quantitative estimate of drug-likeness (QED) is 0.746. The Labute approximate surface area is 152 Å². The fraction of sp³-hybridized carbons (Fsp3) is 0.588. The van der Waals surface area contributed by atoms with E-state index < -0.39 is 10.0 Å². The molecule has 0 spiro atoms. The molecule has 1 amide bonds. The summed E-state index contributed by atoms with van der Waals surface area (Å²) in [5, 5.41) is 0. The van der Waals surface area contributed by atoms with Gasteiger partial charge in [-0.3, -0.25) is 4.79 Å². The van der Waals surface area contributed by atoms with E-state index in [9.17, 15) is 13.2 Å². The van der Waals surface area contributed by atoms with Gasteiger partial charge in [-0.15, -0.1) is 0 Å². The molecule has 2 heterocycles. The second kappa shape index (κ2) is 6.42. The van der Waals surface area contributed by atoms with Gasteiger partial charge in [0.15, 0.2) is 0 Å². The number of sulfonamides is 1. The molecular formula is C17H23BrN2O3S. The summed E-state index contributed by atoms with van der Waals surface area (Å²) in [7, 11) is -3.62. The van der Waals surface area contributed by atoms with Gasteiger partial charge >= 0.3 is 0 Å². The number of anilines is 1. The van der Waals surface area contributed by atoms with Crippen LogP contribution < -0.4 is 4.90 Å². The minimum absolute atomic E-state index is 0.0268. The molecule has 7 heteroatoms. The molecule has 3 rings (SSSR count). The molecule has 1 fully saturated rings. The van der Waals surface area contributed by atoms with Gasteiger partial charge in [-0.25, -0.2) is 8.42 Å². The third-order valence-electron chi connectivity index (χ3n) is 4.89. The molecular weight excluding hydrogens is 392 g/mol. The minimum Gasteiger partial charge on any atom is -0.308 e. The fourth-order valence-corrected chi connectivity index (χ4v) is 6.36. The van der Waals surface area contributed by atoms with Crippen molar-refractivity contribution in [2.24, 2.45) is 5.92 Å². The number of halogens is 1. The number of hydrogen-bond acceptors (Lipinski definition) is 3. The molecule has 0 N–H and O–H groups in total. The van der Waals surface area contributed by atoms with E-state index in [4.69, 9.17) is 0 Å². The summed E-state index contributed by atoms with van der Waals surface area (Å²) in [6.45, 7) is 6.61. The highest BCUT2D eigenvalue weighted by Gasteiger charge is 2.38. The average Bonchev–Trinajstić information content (AvgIpc) is 2.81. The highest BCUT2D eigenvalue weighted by atomic mass is 79.9. The minimum atomic E-state index is -3.62. The Balaban J connectivity index is 2.13. The lowest BCUT2D eigenvalue weighted by molar-refractivity contribution is -0.116. The van der Waals surface area contributed by atoms with E-state index in [2.05, 4.69) is 22.9 Å². The van der Waals surface area contributed by atoms with Gasteiger partial charge in [0.05, 0.1) is 5.69 Å². The van der Waals surface area contributed by atoms with Gasteiger partial charge in [0.2, 0.25) is 15.9 Å². The zero-order chi connectivity index (χ0) is 17.6. The van der Waals surface area contributed by atoms with Crippen molar-refractivity contribution in [1.82, 2.24) is 4.31 Å². The van der Waals surface area contributed by atoms with E-state index in [1.807, 2.05) is 13.0 Å². The summed E-state index contributed by atoms with van der Waals surface area (Å²) < 4.78 is 28.9. The van der Waals surface area contributed by atoms with Gasteiger partial charge in [-0.1, -0.05) is 22.9 Å². The van der Waals surface area contributed by atoms with Gasteiger partial charge in [0.1, 0.15) is 4.90 Å². The molecule has 132 valence electrons. The molecule has 0 unspecified atom stereocenters. The first kappa shape index (κ1) is 17.9. The van der Waals surface area contributed by atoms with Crippen molar-refractivity contribution in [2.75, 3.05) is 18.0 Å². The van der Waals surface area contributed by atoms with Gasteiger partial charge in [0, 0.05) is 30.5 Å². The SMILES string of the molecule is CC(=O)N1c2c(cc(Br)cc2S(=O)(=O)N2CCC[C@@H](C)C2)C[C@@H]1C. The molecule has 2 aliphatic heterocycles. The molecule has 1 aromatic carbocycles. The molecule has 0 saturated carbocycles. The van der Waals surface area contributed by atoms with Crippen molar-refractivity contribution in [2.45, 2.75) is 51.0 Å². The van der Waals surface area contributed by atoms with Crippen molar-refractivity contribution in [1.29, 1.82) is 0 Å². The van der Waals surface area contributed by atoms with E-state index in [0.29, 0.717) is 31.1 Å². The smallest absolute Gasteiger partial charge is 0.245 e. The highest BCUT2D eigenvalue weighted by Crippen LogP contribution is 2.41. The summed E-state index contributed by atoms with van der Waals surface area (Å²) in [6.07, 6.45) is 2.61. The number of benzene rings is 1. The molecule has 0 aliphatic carbocycles. The van der Waals surface area contributed by atoms with Crippen molar-refractivity contribution in [3.63, 3.8) is 0 Å². The van der Waals surface area contributed by atoms with Crippen LogP contribution in [-0.4, -0.2) is 37.8 Å². The summed E-state index contributed by atoms with van der Waals surface area (Å²) >= 11 is 3.43. The van der Waals surface area contributed by atoms with E-state index in [1.165, 1.54) is 6.92 Å². The third kappa shape index (κ3) is 3.02. The Morgan fingerprint density at radius 2 is 2.00 bits per heavy atom. The Hall–Kier alpha value is -0.920. The van der Waals surface area contributed by atoms with Crippen LogP contribution >= 0.6 is 15.9 Å². The maximum absolute atomic E-state index is 13.3. The van der Waals surface area contributed by atoms with Crippen LogP contribution in [0.4, 0.5) is 5.69 Å². The van der Waals surface area contributed by atoms with Crippen molar-refractivity contribution in [3.05, 3.63) is 22.2 Å². The lowest BCUT2D eigenvalue weighted by atomic mass is 10.0. The van der Waals surface area contributed by atoms with Gasteiger partial charge < -0.3 is 4.90 Å². The summed E-state index contributed by atoms with van der Waals surface area (Å²) in [5.41, 5.74) is 1.48. The molecule has 1 saturated heterocycles. The number of nitrogens with zero attached hydrogens (tertiary/aromatic N) is 2. The van der Waals surface area contributed by atoms with Crippen LogP contribution in [-0.2, 0) is 21.2 Å². The van der Waals surface area contributed by atoms with Crippen LogP contribution in [0.25, 0.3) is 0 Å². The topological polar surface area (TPSA) is 57.7 Å². The van der Waals surface area contributed by atoms with Gasteiger partial charge in [0.25, 0.3) is 0 Å². The summed E-state index contributed by atoms with van der Waals surface area (Å²) in [6, 6.07) is 3.54. The standard InChI is InChI=1S/C17H23BrN2O3S/c1-11-5-4-6-19(10-11)24(22,23)16-9-15(18)8-14-7-12(2)20(13(3)21)17(14)16/h8-9,11-12H,4-7,10H2,1-3H3/t11-,12+/m1/s1. The first-order valence-electron chi connectivity index (χ1n) is 8.34. The molecule has 2 atom stereocenters. The maximum Gasteiger partial charge on any atom is 0.245 e. The van der Waals surface area contributed by atoms with E-state index in [1.54, 1.807) is 15.3 Å². The Morgan fingerprint density at radius 1 is 1.29 bits per heavy atom. The van der Waals surface area contributed by atoms with E-state index in [-0.39, 0.29) is 16.8 Å². The number of carbonyl (C=O) groups excluding carboxylic acids is 1. The second-order valence-electron chi connectivity index (χ2n) is 6.96. The average molecular weight is 415 g/mol. The van der Waals surface area contributed by atoms with E-state index in [0.717, 1.165) is 22.9 Å².